The molecule has 1 atom stereocenters. The van der Waals surface area contributed by atoms with Gasteiger partial charge < -0.3 is 15.1 Å². The summed E-state index contributed by atoms with van der Waals surface area (Å²) in [5, 5.41) is 19.3. The maximum Gasteiger partial charge on any atom is 0.157 e. The first-order chi connectivity index (χ1) is 10.1. The van der Waals surface area contributed by atoms with Crippen LogP contribution in [0.3, 0.4) is 0 Å². The summed E-state index contributed by atoms with van der Waals surface area (Å²) in [6.45, 7) is 1.86. The predicted octanol–water partition coefficient (Wildman–Crippen LogP) is 3.40. The van der Waals surface area contributed by atoms with E-state index in [1.165, 1.54) is 16.0 Å². The monoisotopic (exact) mass is 301 g/mol. The highest BCUT2D eigenvalue weighted by molar-refractivity contribution is 7.98. The van der Waals surface area contributed by atoms with Gasteiger partial charge in [0.05, 0.1) is 0 Å². The molecule has 3 rings (SSSR count). The van der Waals surface area contributed by atoms with Crippen LogP contribution in [0.15, 0.2) is 41.3 Å². The van der Waals surface area contributed by atoms with Gasteiger partial charge in [0.1, 0.15) is 0 Å². The van der Waals surface area contributed by atoms with E-state index < -0.39 is 0 Å². The molecule has 4 heteroatoms. The van der Waals surface area contributed by atoms with Crippen molar-refractivity contribution < 1.29 is 10.2 Å². The van der Waals surface area contributed by atoms with Crippen molar-refractivity contribution in [2.45, 2.75) is 17.4 Å². The first-order valence-electron chi connectivity index (χ1n) is 6.96. The van der Waals surface area contributed by atoms with E-state index in [1.54, 1.807) is 23.9 Å². The molecule has 0 aromatic heterocycles. The number of phenolic OH excluding ortho intramolecular Hbond substituents is 2. The van der Waals surface area contributed by atoms with Gasteiger partial charge in [0, 0.05) is 23.9 Å². The minimum Gasteiger partial charge on any atom is -0.504 e. The SMILES string of the molecule is CSc1cccc2c1CN(C)CC2c1ccc(O)c(O)c1. The number of hydrogen-bond acceptors (Lipinski definition) is 4. The predicted molar refractivity (Wildman–Crippen MR) is 86.2 cm³/mol. The molecule has 110 valence electrons. The number of hydrogen-bond donors (Lipinski definition) is 2. The number of fused-ring (bicyclic) bond motifs is 1. The van der Waals surface area contributed by atoms with E-state index in [1.807, 2.05) is 6.07 Å². The summed E-state index contributed by atoms with van der Waals surface area (Å²) >= 11 is 1.77. The Labute approximate surface area is 129 Å². The lowest BCUT2D eigenvalue weighted by Crippen LogP contribution is -2.31. The molecule has 0 amide bonds. The maximum atomic E-state index is 9.78. The molecule has 1 unspecified atom stereocenters. The molecule has 0 bridgehead atoms. The zero-order valence-corrected chi connectivity index (χ0v) is 13.0. The second-order valence-electron chi connectivity index (χ2n) is 5.53. The van der Waals surface area contributed by atoms with Crippen LogP contribution < -0.4 is 0 Å². The molecule has 0 fully saturated rings. The fourth-order valence-corrected chi connectivity index (χ4v) is 3.70. The van der Waals surface area contributed by atoms with Crippen molar-refractivity contribution in [2.75, 3.05) is 19.8 Å². The number of rotatable bonds is 2. The molecular formula is C17H19NO2S. The van der Waals surface area contributed by atoms with Gasteiger partial charge in [-0.25, -0.2) is 0 Å². The average Bonchev–Trinajstić information content (AvgIpc) is 2.48. The molecular weight excluding hydrogens is 282 g/mol. The standard InChI is InChI=1S/C17H19NO2S/c1-18-9-13(11-6-7-15(19)16(20)8-11)12-4-3-5-17(21-2)14(12)10-18/h3-8,13,19-20H,9-10H2,1-2H3. The van der Waals surface area contributed by atoms with Gasteiger partial charge in [0.25, 0.3) is 0 Å². The minimum absolute atomic E-state index is 0.0525. The summed E-state index contributed by atoms with van der Waals surface area (Å²) in [7, 11) is 2.12. The first-order valence-corrected chi connectivity index (χ1v) is 8.19. The van der Waals surface area contributed by atoms with Gasteiger partial charge in [-0.3, -0.25) is 0 Å². The van der Waals surface area contributed by atoms with Gasteiger partial charge in [-0.1, -0.05) is 18.2 Å². The summed E-state index contributed by atoms with van der Waals surface area (Å²) in [5.74, 6) is 0.0987. The molecule has 2 aromatic carbocycles. The number of likely N-dealkylation sites (N-methyl/N-ethyl adjacent to an activating group) is 1. The number of thioether (sulfide) groups is 1. The van der Waals surface area contributed by atoms with Crippen LogP contribution in [0, 0.1) is 0 Å². The molecule has 2 N–H and O–H groups in total. The largest absolute Gasteiger partial charge is 0.504 e. The van der Waals surface area contributed by atoms with E-state index in [0.29, 0.717) is 0 Å². The first kappa shape index (κ1) is 14.3. The Bertz CT molecular complexity index is 672. The normalized spacial score (nSPS) is 18.5. The molecule has 0 radical (unpaired) electrons. The lowest BCUT2D eigenvalue weighted by molar-refractivity contribution is 0.292. The topological polar surface area (TPSA) is 43.7 Å². The Balaban J connectivity index is 2.10. The number of aromatic hydroxyl groups is 2. The van der Waals surface area contributed by atoms with E-state index in [-0.39, 0.29) is 17.4 Å². The molecule has 1 heterocycles. The smallest absolute Gasteiger partial charge is 0.157 e. The van der Waals surface area contributed by atoms with Crippen molar-refractivity contribution >= 4 is 11.8 Å². The Morgan fingerprint density at radius 3 is 2.67 bits per heavy atom. The van der Waals surface area contributed by atoms with Crippen LogP contribution in [0.25, 0.3) is 0 Å². The second kappa shape index (κ2) is 5.62. The van der Waals surface area contributed by atoms with Gasteiger partial charge in [0.15, 0.2) is 11.5 Å². The van der Waals surface area contributed by atoms with E-state index in [4.69, 9.17) is 0 Å². The Morgan fingerprint density at radius 2 is 1.95 bits per heavy atom. The molecule has 1 aliphatic rings. The summed E-state index contributed by atoms with van der Waals surface area (Å²) in [4.78, 5) is 3.61. The van der Waals surface area contributed by atoms with E-state index in [2.05, 4.69) is 36.4 Å². The highest BCUT2D eigenvalue weighted by atomic mass is 32.2. The third kappa shape index (κ3) is 2.61. The molecule has 0 saturated heterocycles. The summed E-state index contributed by atoms with van der Waals surface area (Å²) in [5.41, 5.74) is 3.73. The summed E-state index contributed by atoms with van der Waals surface area (Å²) < 4.78 is 0. The van der Waals surface area contributed by atoms with Crippen molar-refractivity contribution in [1.82, 2.24) is 4.90 Å². The third-order valence-electron chi connectivity index (χ3n) is 4.09. The molecule has 2 aromatic rings. The Hall–Kier alpha value is -1.65. The van der Waals surface area contributed by atoms with Crippen molar-refractivity contribution in [3.63, 3.8) is 0 Å². The average molecular weight is 301 g/mol. The molecule has 0 aliphatic carbocycles. The van der Waals surface area contributed by atoms with Crippen molar-refractivity contribution in [2.24, 2.45) is 0 Å². The second-order valence-corrected chi connectivity index (χ2v) is 6.37. The number of phenols is 2. The van der Waals surface area contributed by atoms with Gasteiger partial charge >= 0.3 is 0 Å². The van der Waals surface area contributed by atoms with Gasteiger partial charge in [-0.2, -0.15) is 0 Å². The van der Waals surface area contributed by atoms with Crippen molar-refractivity contribution in [3.8, 4) is 11.5 Å². The molecule has 3 nitrogen and oxygen atoms in total. The third-order valence-corrected chi connectivity index (χ3v) is 4.91. The van der Waals surface area contributed by atoms with Crippen molar-refractivity contribution in [3.05, 3.63) is 53.1 Å². The van der Waals surface area contributed by atoms with Gasteiger partial charge in [0.2, 0.25) is 0 Å². The highest BCUT2D eigenvalue weighted by Crippen LogP contribution is 2.39. The zero-order chi connectivity index (χ0) is 15.0. The lowest BCUT2D eigenvalue weighted by atomic mass is 9.84. The number of benzene rings is 2. The quantitative estimate of drug-likeness (QED) is 0.659. The van der Waals surface area contributed by atoms with E-state index in [9.17, 15) is 10.2 Å². The van der Waals surface area contributed by atoms with Crippen LogP contribution in [0.4, 0.5) is 0 Å². The summed E-state index contributed by atoms with van der Waals surface area (Å²) in [6.07, 6.45) is 2.10. The molecule has 1 aliphatic heterocycles. The fraction of sp³-hybridized carbons (Fsp3) is 0.294. The highest BCUT2D eigenvalue weighted by Gasteiger charge is 2.26. The van der Waals surface area contributed by atoms with Crippen LogP contribution in [-0.4, -0.2) is 35.0 Å². The molecule has 0 spiro atoms. The fourth-order valence-electron chi connectivity index (χ4n) is 3.06. The zero-order valence-electron chi connectivity index (χ0n) is 12.2. The lowest BCUT2D eigenvalue weighted by Gasteiger charge is -2.33. The van der Waals surface area contributed by atoms with Gasteiger partial charge in [-0.15, -0.1) is 11.8 Å². The Kier molecular flexibility index (Phi) is 3.83. The minimum atomic E-state index is -0.0685. The molecule has 0 saturated carbocycles. The van der Waals surface area contributed by atoms with Gasteiger partial charge in [-0.05, 0) is 48.2 Å². The van der Waals surface area contributed by atoms with Crippen LogP contribution in [0.1, 0.15) is 22.6 Å². The van der Waals surface area contributed by atoms with Crippen LogP contribution in [0.5, 0.6) is 11.5 Å². The van der Waals surface area contributed by atoms with E-state index >= 15 is 0 Å². The van der Waals surface area contributed by atoms with Crippen molar-refractivity contribution in [1.29, 1.82) is 0 Å². The Morgan fingerprint density at radius 1 is 1.14 bits per heavy atom. The number of nitrogens with zero attached hydrogens (tertiary/aromatic N) is 1. The molecule has 21 heavy (non-hydrogen) atoms. The van der Waals surface area contributed by atoms with Crippen LogP contribution >= 0.6 is 11.8 Å². The maximum absolute atomic E-state index is 9.78. The summed E-state index contributed by atoms with van der Waals surface area (Å²) in [6, 6.07) is 11.6. The van der Waals surface area contributed by atoms with E-state index in [0.717, 1.165) is 18.7 Å². The van der Waals surface area contributed by atoms with Crippen LogP contribution in [-0.2, 0) is 6.54 Å². The van der Waals surface area contributed by atoms with Crippen LogP contribution in [0.2, 0.25) is 0 Å².